The average Bonchev–Trinajstić information content (AvgIpc) is 3.48. The van der Waals surface area contributed by atoms with Crippen molar-refractivity contribution in [3.05, 3.63) is 59.9 Å². The minimum Gasteiger partial charge on any atom is -0.497 e. The zero-order valence-corrected chi connectivity index (χ0v) is 14.5. The van der Waals surface area contributed by atoms with Crippen LogP contribution in [0, 0.1) is 11.7 Å². The molecule has 2 aromatic rings. The summed E-state index contributed by atoms with van der Waals surface area (Å²) in [7, 11) is 1.61. The fourth-order valence-electron chi connectivity index (χ4n) is 2.84. The summed E-state index contributed by atoms with van der Waals surface area (Å²) in [5, 5.41) is 5.31. The standard InChI is InChI=1S/C20H21FN2O3/c1-26-17-4-2-3-13(11-17)12-18(14-5-6-14)23-20(25)19(24)22-16-9-7-15(21)8-10-16/h2-4,7-11,14,18H,5-6,12H2,1H3,(H,22,24)(H,23,25)/t18-/m1/s1. The van der Waals surface area contributed by atoms with E-state index < -0.39 is 17.6 Å². The number of amides is 2. The molecule has 0 radical (unpaired) electrons. The maximum absolute atomic E-state index is 12.9. The molecule has 1 atom stereocenters. The largest absolute Gasteiger partial charge is 0.497 e. The summed E-state index contributed by atoms with van der Waals surface area (Å²) in [5.74, 6) is -0.706. The number of hydrogen-bond donors (Lipinski definition) is 2. The van der Waals surface area contributed by atoms with Crippen molar-refractivity contribution in [1.82, 2.24) is 5.32 Å². The second kappa shape index (κ2) is 7.99. The van der Waals surface area contributed by atoms with Crippen molar-refractivity contribution >= 4 is 17.5 Å². The van der Waals surface area contributed by atoms with E-state index in [0.29, 0.717) is 18.0 Å². The van der Waals surface area contributed by atoms with Gasteiger partial charge in [-0.25, -0.2) is 4.39 Å². The fraction of sp³-hybridized carbons (Fsp3) is 0.300. The van der Waals surface area contributed by atoms with Gasteiger partial charge in [0.1, 0.15) is 11.6 Å². The van der Waals surface area contributed by atoms with Crippen LogP contribution in [0.5, 0.6) is 5.75 Å². The Morgan fingerprint density at radius 1 is 1.15 bits per heavy atom. The van der Waals surface area contributed by atoms with Crippen molar-refractivity contribution in [2.45, 2.75) is 25.3 Å². The molecule has 3 rings (SSSR count). The Hall–Kier alpha value is -2.89. The molecule has 1 saturated carbocycles. The lowest BCUT2D eigenvalue weighted by atomic mass is 10.0. The van der Waals surface area contributed by atoms with Gasteiger partial charge in [0, 0.05) is 11.7 Å². The molecule has 0 saturated heterocycles. The Kier molecular flexibility index (Phi) is 5.51. The summed E-state index contributed by atoms with van der Waals surface area (Å²) < 4.78 is 18.1. The van der Waals surface area contributed by atoms with Gasteiger partial charge in [-0.1, -0.05) is 12.1 Å². The molecule has 1 aliphatic carbocycles. The van der Waals surface area contributed by atoms with E-state index in [4.69, 9.17) is 4.74 Å². The van der Waals surface area contributed by atoms with Gasteiger partial charge in [0.25, 0.3) is 0 Å². The van der Waals surface area contributed by atoms with Crippen LogP contribution < -0.4 is 15.4 Å². The van der Waals surface area contributed by atoms with Crippen molar-refractivity contribution < 1.29 is 18.7 Å². The van der Waals surface area contributed by atoms with E-state index in [9.17, 15) is 14.0 Å². The summed E-state index contributed by atoms with van der Waals surface area (Å²) in [6, 6.07) is 12.8. The number of hydrogen-bond acceptors (Lipinski definition) is 3. The number of carbonyl (C=O) groups is 2. The molecule has 0 aromatic heterocycles. The van der Waals surface area contributed by atoms with E-state index in [2.05, 4.69) is 10.6 Å². The Balaban J connectivity index is 1.61. The highest BCUT2D eigenvalue weighted by Gasteiger charge is 2.33. The molecule has 1 aliphatic rings. The van der Waals surface area contributed by atoms with E-state index in [0.717, 1.165) is 24.2 Å². The van der Waals surface area contributed by atoms with Crippen LogP contribution in [0.15, 0.2) is 48.5 Å². The molecule has 2 N–H and O–H groups in total. The van der Waals surface area contributed by atoms with Crippen LogP contribution >= 0.6 is 0 Å². The predicted octanol–water partition coefficient (Wildman–Crippen LogP) is 2.91. The van der Waals surface area contributed by atoms with E-state index in [1.807, 2.05) is 24.3 Å². The van der Waals surface area contributed by atoms with E-state index in [-0.39, 0.29) is 6.04 Å². The van der Waals surface area contributed by atoms with E-state index in [1.165, 1.54) is 24.3 Å². The lowest BCUT2D eigenvalue weighted by Gasteiger charge is -2.18. The van der Waals surface area contributed by atoms with Crippen LogP contribution in [0.4, 0.5) is 10.1 Å². The first-order valence-corrected chi connectivity index (χ1v) is 8.55. The molecular weight excluding hydrogens is 335 g/mol. The number of benzene rings is 2. The van der Waals surface area contributed by atoms with Crippen LogP contribution in [-0.2, 0) is 16.0 Å². The number of ether oxygens (including phenoxy) is 1. The first-order chi connectivity index (χ1) is 12.5. The molecule has 0 unspecified atom stereocenters. The monoisotopic (exact) mass is 356 g/mol. The number of anilines is 1. The highest BCUT2D eigenvalue weighted by Crippen LogP contribution is 2.34. The van der Waals surface area contributed by atoms with Crippen molar-refractivity contribution in [2.75, 3.05) is 12.4 Å². The SMILES string of the molecule is COc1cccc(C[C@@H](NC(=O)C(=O)Nc2ccc(F)cc2)C2CC2)c1. The summed E-state index contributed by atoms with van der Waals surface area (Å²) in [4.78, 5) is 24.3. The normalized spacial score (nSPS) is 14.4. The summed E-state index contributed by atoms with van der Waals surface area (Å²) in [5.41, 5.74) is 1.42. The highest BCUT2D eigenvalue weighted by atomic mass is 19.1. The molecule has 1 fully saturated rings. The third kappa shape index (κ3) is 4.81. The van der Waals surface area contributed by atoms with Crippen molar-refractivity contribution in [2.24, 2.45) is 5.92 Å². The van der Waals surface area contributed by atoms with Gasteiger partial charge in [-0.3, -0.25) is 9.59 Å². The molecule has 0 spiro atoms. The van der Waals surface area contributed by atoms with Gasteiger partial charge >= 0.3 is 11.8 Å². The highest BCUT2D eigenvalue weighted by molar-refractivity contribution is 6.39. The summed E-state index contributed by atoms with van der Waals surface area (Å²) in [6.07, 6.45) is 2.71. The molecular formula is C20H21FN2O3. The zero-order valence-electron chi connectivity index (χ0n) is 14.5. The molecule has 0 heterocycles. The summed E-state index contributed by atoms with van der Waals surface area (Å²) in [6.45, 7) is 0. The van der Waals surface area contributed by atoms with Gasteiger partial charge in [-0.15, -0.1) is 0 Å². The molecule has 136 valence electrons. The smallest absolute Gasteiger partial charge is 0.313 e. The van der Waals surface area contributed by atoms with Crippen LogP contribution in [0.3, 0.4) is 0 Å². The van der Waals surface area contributed by atoms with Crippen LogP contribution in [0.1, 0.15) is 18.4 Å². The Labute approximate surface area is 151 Å². The summed E-state index contributed by atoms with van der Waals surface area (Å²) >= 11 is 0. The minimum atomic E-state index is -0.757. The predicted molar refractivity (Wildman–Crippen MR) is 96.4 cm³/mol. The van der Waals surface area contributed by atoms with Gasteiger partial charge in [0.2, 0.25) is 0 Å². The average molecular weight is 356 g/mol. The van der Waals surface area contributed by atoms with Crippen LogP contribution in [0.25, 0.3) is 0 Å². The maximum atomic E-state index is 12.9. The third-order valence-electron chi connectivity index (χ3n) is 4.41. The van der Waals surface area contributed by atoms with Crippen molar-refractivity contribution in [3.63, 3.8) is 0 Å². The van der Waals surface area contributed by atoms with Gasteiger partial charge in [-0.05, 0) is 67.1 Å². The number of methoxy groups -OCH3 is 1. The van der Waals surface area contributed by atoms with Gasteiger partial charge in [0.05, 0.1) is 7.11 Å². The number of halogens is 1. The Bertz CT molecular complexity index is 788. The van der Waals surface area contributed by atoms with Crippen molar-refractivity contribution in [3.8, 4) is 5.75 Å². The van der Waals surface area contributed by atoms with Crippen molar-refractivity contribution in [1.29, 1.82) is 0 Å². The van der Waals surface area contributed by atoms with Gasteiger partial charge < -0.3 is 15.4 Å². The van der Waals surface area contributed by atoms with Gasteiger partial charge in [0.15, 0.2) is 0 Å². The van der Waals surface area contributed by atoms with E-state index >= 15 is 0 Å². The Morgan fingerprint density at radius 3 is 2.54 bits per heavy atom. The first-order valence-electron chi connectivity index (χ1n) is 8.55. The fourth-order valence-corrected chi connectivity index (χ4v) is 2.84. The second-order valence-corrected chi connectivity index (χ2v) is 6.43. The number of carbonyl (C=O) groups excluding carboxylic acids is 2. The van der Waals surface area contributed by atoms with Gasteiger partial charge in [-0.2, -0.15) is 0 Å². The molecule has 26 heavy (non-hydrogen) atoms. The molecule has 2 amide bonds. The number of rotatable bonds is 6. The topological polar surface area (TPSA) is 67.4 Å². The molecule has 0 bridgehead atoms. The lowest BCUT2D eigenvalue weighted by Crippen LogP contribution is -2.44. The second-order valence-electron chi connectivity index (χ2n) is 6.43. The minimum absolute atomic E-state index is 0.103. The number of nitrogens with one attached hydrogen (secondary N) is 2. The zero-order chi connectivity index (χ0) is 18.5. The lowest BCUT2D eigenvalue weighted by molar-refractivity contribution is -0.136. The third-order valence-corrected chi connectivity index (χ3v) is 4.41. The first kappa shape index (κ1) is 17.9. The maximum Gasteiger partial charge on any atom is 0.313 e. The van der Waals surface area contributed by atoms with Crippen LogP contribution in [-0.4, -0.2) is 25.0 Å². The quantitative estimate of drug-likeness (QED) is 0.782. The Morgan fingerprint density at radius 2 is 1.88 bits per heavy atom. The molecule has 0 aliphatic heterocycles. The molecule has 2 aromatic carbocycles. The molecule has 5 nitrogen and oxygen atoms in total. The van der Waals surface area contributed by atoms with E-state index in [1.54, 1.807) is 7.11 Å². The van der Waals surface area contributed by atoms with Crippen LogP contribution in [0.2, 0.25) is 0 Å². The molecule has 6 heteroatoms.